The summed E-state index contributed by atoms with van der Waals surface area (Å²) in [7, 11) is 0. The molecule has 1 fully saturated rings. The first-order valence-corrected chi connectivity index (χ1v) is 12.3. The van der Waals surface area contributed by atoms with E-state index in [1.807, 2.05) is 11.8 Å². The minimum absolute atomic E-state index is 0.0184. The summed E-state index contributed by atoms with van der Waals surface area (Å²) in [5, 5.41) is 1.76. The number of fused-ring (bicyclic) bond motifs is 1. The molecule has 8 heteroatoms. The van der Waals surface area contributed by atoms with Gasteiger partial charge in [-0.3, -0.25) is 4.79 Å². The molecule has 0 saturated carbocycles. The number of amides is 1. The molecule has 164 valence electrons. The molecule has 0 spiro atoms. The first-order chi connectivity index (χ1) is 15.5. The van der Waals surface area contributed by atoms with Crippen molar-refractivity contribution in [3.8, 4) is 10.6 Å². The molecule has 2 aromatic carbocycles. The van der Waals surface area contributed by atoms with E-state index >= 15 is 0 Å². The molecule has 0 atom stereocenters. The average molecular weight is 467 g/mol. The van der Waals surface area contributed by atoms with Gasteiger partial charge in [-0.15, -0.1) is 11.3 Å². The number of aryl methyl sites for hydroxylation is 2. The number of carbonyl (C=O) groups excluding carboxylic acids is 1. The van der Waals surface area contributed by atoms with Gasteiger partial charge in [-0.1, -0.05) is 24.3 Å². The second kappa shape index (κ2) is 8.60. The number of rotatable bonds is 4. The van der Waals surface area contributed by atoms with E-state index < -0.39 is 0 Å². The number of nitrogens with zero attached hydrogens (tertiary/aromatic N) is 4. The topological polar surface area (TPSA) is 49.3 Å². The molecule has 4 aromatic rings. The molecule has 1 aliphatic rings. The third-order valence-corrected chi connectivity index (χ3v) is 8.04. The summed E-state index contributed by atoms with van der Waals surface area (Å²) in [5.74, 6) is -0.264. The highest BCUT2D eigenvalue weighted by molar-refractivity contribution is 7.22. The highest BCUT2D eigenvalue weighted by Gasteiger charge is 2.27. The van der Waals surface area contributed by atoms with Crippen LogP contribution in [-0.4, -0.2) is 47.0 Å². The van der Waals surface area contributed by atoms with Crippen LogP contribution in [-0.2, 0) is 6.42 Å². The van der Waals surface area contributed by atoms with Gasteiger partial charge < -0.3 is 9.80 Å². The third-order valence-electron chi connectivity index (χ3n) is 5.77. The molecule has 0 unspecified atom stereocenters. The van der Waals surface area contributed by atoms with E-state index in [1.165, 1.54) is 33.7 Å². The van der Waals surface area contributed by atoms with Crippen molar-refractivity contribution in [2.45, 2.75) is 20.3 Å². The molecular formula is C24H23FN4OS2. The monoisotopic (exact) mass is 466 g/mol. The van der Waals surface area contributed by atoms with Crippen LogP contribution >= 0.6 is 22.7 Å². The second-order valence-electron chi connectivity index (χ2n) is 7.87. The lowest BCUT2D eigenvalue weighted by Crippen LogP contribution is -2.48. The molecule has 0 aliphatic carbocycles. The number of carbonyl (C=O) groups is 1. The van der Waals surface area contributed by atoms with Gasteiger partial charge in [-0.2, -0.15) is 0 Å². The SMILES string of the molecule is CCc1ccc2nc(N3CCN(C(=O)c4sc(-c5ccc(F)cc5)nc4C)CC3)sc2c1. The van der Waals surface area contributed by atoms with Crippen molar-refractivity contribution in [1.82, 2.24) is 14.9 Å². The Bertz CT molecular complexity index is 1270. The van der Waals surface area contributed by atoms with Gasteiger partial charge in [0, 0.05) is 31.7 Å². The van der Waals surface area contributed by atoms with Crippen LogP contribution in [0.1, 0.15) is 27.9 Å². The zero-order chi connectivity index (χ0) is 22.2. The van der Waals surface area contributed by atoms with Crippen LogP contribution in [0.4, 0.5) is 9.52 Å². The second-order valence-corrected chi connectivity index (χ2v) is 9.88. The number of anilines is 1. The summed E-state index contributed by atoms with van der Waals surface area (Å²) >= 11 is 3.10. The van der Waals surface area contributed by atoms with Crippen LogP contribution < -0.4 is 4.90 Å². The van der Waals surface area contributed by atoms with E-state index in [2.05, 4.69) is 35.0 Å². The highest BCUT2D eigenvalue weighted by Crippen LogP contribution is 2.32. The van der Waals surface area contributed by atoms with Crippen molar-refractivity contribution in [3.05, 3.63) is 64.4 Å². The molecular weight excluding hydrogens is 443 g/mol. The molecule has 1 saturated heterocycles. The fourth-order valence-electron chi connectivity index (χ4n) is 3.87. The number of thiazole rings is 2. The number of aromatic nitrogens is 2. The summed E-state index contributed by atoms with van der Waals surface area (Å²) < 4.78 is 14.4. The Morgan fingerprint density at radius 3 is 2.50 bits per heavy atom. The van der Waals surface area contributed by atoms with Crippen molar-refractivity contribution >= 4 is 43.9 Å². The lowest BCUT2D eigenvalue weighted by atomic mass is 10.2. The maximum absolute atomic E-state index is 13.2. The fraction of sp³-hybridized carbons (Fsp3) is 0.292. The standard InChI is InChI=1S/C24H23FN4OS2/c1-3-16-4-9-19-20(14-16)31-24(27-19)29-12-10-28(11-13-29)23(30)21-15(2)26-22(32-21)17-5-7-18(25)8-6-17/h4-9,14H,3,10-13H2,1-2H3. The quantitative estimate of drug-likeness (QED) is 0.405. The van der Waals surface area contributed by atoms with E-state index in [4.69, 9.17) is 4.98 Å². The molecule has 5 rings (SSSR count). The molecule has 1 amide bonds. The molecule has 0 bridgehead atoms. The molecule has 0 radical (unpaired) electrons. The van der Waals surface area contributed by atoms with Crippen molar-refractivity contribution in [3.63, 3.8) is 0 Å². The molecule has 1 aliphatic heterocycles. The summed E-state index contributed by atoms with van der Waals surface area (Å²) in [4.78, 5) is 27.4. The third kappa shape index (κ3) is 4.00. The number of benzene rings is 2. The summed E-state index contributed by atoms with van der Waals surface area (Å²) in [6.45, 7) is 6.84. The zero-order valence-corrected chi connectivity index (χ0v) is 19.6. The number of hydrogen-bond donors (Lipinski definition) is 0. The Morgan fingerprint density at radius 2 is 1.78 bits per heavy atom. The van der Waals surface area contributed by atoms with Crippen molar-refractivity contribution < 1.29 is 9.18 Å². The largest absolute Gasteiger partial charge is 0.345 e. The Labute approximate surface area is 194 Å². The van der Waals surface area contributed by atoms with Crippen LogP contribution in [0.2, 0.25) is 0 Å². The Hall–Kier alpha value is -2.84. The van der Waals surface area contributed by atoms with E-state index in [1.54, 1.807) is 23.5 Å². The van der Waals surface area contributed by atoms with E-state index in [0.717, 1.165) is 46.4 Å². The maximum Gasteiger partial charge on any atom is 0.265 e. The molecule has 2 aromatic heterocycles. The molecule has 0 N–H and O–H groups in total. The summed E-state index contributed by atoms with van der Waals surface area (Å²) in [5.41, 5.74) is 3.91. The molecule has 5 nitrogen and oxygen atoms in total. The van der Waals surface area contributed by atoms with Gasteiger partial charge in [0.05, 0.1) is 15.9 Å². The van der Waals surface area contributed by atoms with Crippen LogP contribution in [0, 0.1) is 12.7 Å². The van der Waals surface area contributed by atoms with Crippen LogP contribution in [0.25, 0.3) is 20.8 Å². The minimum atomic E-state index is -0.282. The van der Waals surface area contributed by atoms with Crippen molar-refractivity contribution in [1.29, 1.82) is 0 Å². The predicted molar refractivity (Wildman–Crippen MR) is 129 cm³/mol. The zero-order valence-electron chi connectivity index (χ0n) is 18.0. The number of hydrogen-bond acceptors (Lipinski definition) is 6. The van der Waals surface area contributed by atoms with Gasteiger partial charge in [0.2, 0.25) is 0 Å². The first kappa shape index (κ1) is 21.0. The van der Waals surface area contributed by atoms with Crippen LogP contribution in [0.5, 0.6) is 0 Å². The van der Waals surface area contributed by atoms with Gasteiger partial charge in [-0.25, -0.2) is 14.4 Å². The van der Waals surface area contributed by atoms with E-state index in [-0.39, 0.29) is 11.7 Å². The Balaban J connectivity index is 1.28. The fourth-order valence-corrected chi connectivity index (χ4v) is 5.99. The van der Waals surface area contributed by atoms with Crippen LogP contribution in [0.15, 0.2) is 42.5 Å². The predicted octanol–water partition coefficient (Wildman–Crippen LogP) is 5.39. The Kier molecular flexibility index (Phi) is 5.65. The normalized spacial score (nSPS) is 14.3. The van der Waals surface area contributed by atoms with Crippen molar-refractivity contribution in [2.24, 2.45) is 0 Å². The van der Waals surface area contributed by atoms with E-state index in [9.17, 15) is 9.18 Å². The summed E-state index contributed by atoms with van der Waals surface area (Å²) in [6, 6.07) is 12.7. The highest BCUT2D eigenvalue weighted by atomic mass is 32.1. The lowest BCUT2D eigenvalue weighted by Gasteiger charge is -2.34. The molecule has 3 heterocycles. The first-order valence-electron chi connectivity index (χ1n) is 10.7. The van der Waals surface area contributed by atoms with Gasteiger partial charge in [0.1, 0.15) is 15.7 Å². The number of halogens is 1. The lowest BCUT2D eigenvalue weighted by molar-refractivity contribution is 0.0750. The van der Waals surface area contributed by atoms with Gasteiger partial charge >= 0.3 is 0 Å². The van der Waals surface area contributed by atoms with Gasteiger partial charge in [0.15, 0.2) is 5.13 Å². The minimum Gasteiger partial charge on any atom is -0.345 e. The van der Waals surface area contributed by atoms with Crippen molar-refractivity contribution in [2.75, 3.05) is 31.1 Å². The Morgan fingerprint density at radius 1 is 1.03 bits per heavy atom. The van der Waals surface area contributed by atoms with Crippen LogP contribution in [0.3, 0.4) is 0 Å². The van der Waals surface area contributed by atoms with Gasteiger partial charge in [-0.05, 0) is 55.3 Å². The summed E-state index contributed by atoms with van der Waals surface area (Å²) in [6.07, 6.45) is 1.02. The van der Waals surface area contributed by atoms with Gasteiger partial charge in [0.25, 0.3) is 5.91 Å². The molecule has 32 heavy (non-hydrogen) atoms. The van der Waals surface area contributed by atoms with E-state index in [0.29, 0.717) is 18.0 Å². The maximum atomic E-state index is 13.2. The average Bonchev–Trinajstić information content (AvgIpc) is 3.42. The number of piperazine rings is 1. The smallest absolute Gasteiger partial charge is 0.265 e.